The van der Waals surface area contributed by atoms with Crippen LogP contribution in [0, 0.1) is 0 Å². The fourth-order valence-corrected chi connectivity index (χ4v) is 2.42. The average molecular weight is 303 g/mol. The molecule has 0 aliphatic carbocycles. The van der Waals surface area contributed by atoms with Gasteiger partial charge >= 0.3 is 101 Å². The SMILES string of the molecule is CN(CCC(=O)O)c1ccc([As](=O)(O)O)cc1. The van der Waals surface area contributed by atoms with Crippen LogP contribution < -0.4 is 9.25 Å². The molecule has 0 heterocycles. The molecule has 0 amide bonds. The van der Waals surface area contributed by atoms with Gasteiger partial charge in [-0.05, 0) is 0 Å². The third-order valence-corrected chi connectivity index (χ3v) is 4.32. The Bertz CT molecular complexity index is 439. The Morgan fingerprint density at radius 1 is 1.29 bits per heavy atom. The van der Waals surface area contributed by atoms with Gasteiger partial charge in [-0.1, -0.05) is 0 Å². The molecule has 17 heavy (non-hydrogen) atoms. The maximum atomic E-state index is 11.0. The second-order valence-electron chi connectivity index (χ2n) is 3.63. The van der Waals surface area contributed by atoms with Crippen molar-refractivity contribution in [3.8, 4) is 0 Å². The summed E-state index contributed by atoms with van der Waals surface area (Å²) in [4.78, 5) is 12.1. The number of anilines is 1. The molecule has 0 aliphatic rings. The van der Waals surface area contributed by atoms with Crippen molar-refractivity contribution in [1.29, 1.82) is 0 Å². The summed E-state index contributed by atoms with van der Waals surface area (Å²) in [7, 11) is 1.72. The fraction of sp³-hybridized carbons (Fsp3) is 0.300. The number of carboxylic acid groups (broad SMARTS) is 1. The number of carboxylic acids is 1. The summed E-state index contributed by atoms with van der Waals surface area (Å²) in [5.41, 5.74) is 0.721. The molecule has 0 radical (unpaired) electrons. The number of benzene rings is 1. The fourth-order valence-electron chi connectivity index (χ4n) is 1.29. The van der Waals surface area contributed by atoms with Crippen LogP contribution in [0.1, 0.15) is 6.42 Å². The molecule has 7 heteroatoms. The van der Waals surface area contributed by atoms with E-state index in [9.17, 15) is 8.53 Å². The van der Waals surface area contributed by atoms with E-state index < -0.39 is 20.1 Å². The maximum absolute atomic E-state index is 11.0. The molecule has 0 spiro atoms. The first-order chi connectivity index (χ1) is 7.80. The van der Waals surface area contributed by atoms with Crippen LogP contribution in [0.25, 0.3) is 0 Å². The van der Waals surface area contributed by atoms with E-state index in [1.165, 1.54) is 12.1 Å². The molecular weight excluding hydrogens is 289 g/mol. The van der Waals surface area contributed by atoms with Crippen molar-refractivity contribution in [2.24, 2.45) is 0 Å². The minimum absolute atomic E-state index is 0.0125. The van der Waals surface area contributed by atoms with Gasteiger partial charge in [0.2, 0.25) is 0 Å². The quantitative estimate of drug-likeness (QED) is 0.614. The number of carbonyl (C=O) groups is 1. The molecule has 94 valence electrons. The molecular formula is C10H14AsNO5. The first-order valence-electron chi connectivity index (χ1n) is 4.90. The van der Waals surface area contributed by atoms with Crippen LogP contribution in [0.15, 0.2) is 24.3 Å². The second-order valence-corrected chi connectivity index (χ2v) is 6.99. The summed E-state index contributed by atoms with van der Waals surface area (Å²) in [5.74, 6) is -0.882. The normalized spacial score (nSPS) is 11.2. The molecule has 0 saturated heterocycles. The third kappa shape index (κ3) is 4.26. The summed E-state index contributed by atoms with van der Waals surface area (Å²) < 4.78 is 29.0. The zero-order chi connectivity index (χ0) is 13.1. The van der Waals surface area contributed by atoms with Crippen LogP contribution >= 0.6 is 0 Å². The van der Waals surface area contributed by atoms with Crippen LogP contribution in [-0.2, 0) is 8.53 Å². The van der Waals surface area contributed by atoms with E-state index in [-0.39, 0.29) is 10.8 Å². The predicted molar refractivity (Wildman–Crippen MR) is 62.5 cm³/mol. The van der Waals surface area contributed by atoms with Gasteiger partial charge in [-0.15, -0.1) is 0 Å². The van der Waals surface area contributed by atoms with Gasteiger partial charge in [-0.25, -0.2) is 0 Å². The van der Waals surface area contributed by atoms with Gasteiger partial charge in [0, 0.05) is 0 Å². The van der Waals surface area contributed by atoms with Crippen LogP contribution in [0.5, 0.6) is 0 Å². The standard InChI is InChI=1S/C10H14AsNO5/c1-12(7-6-10(13)14)9-4-2-8(3-5-9)11(15,16)17/h2-5H,6-7H2,1H3,(H,13,14)(H2,15,16,17). The van der Waals surface area contributed by atoms with E-state index in [0.717, 1.165) is 5.69 Å². The summed E-state index contributed by atoms with van der Waals surface area (Å²) >= 11 is -4.82. The zero-order valence-corrected chi connectivity index (χ0v) is 11.2. The molecule has 1 rings (SSSR count). The van der Waals surface area contributed by atoms with Crippen molar-refractivity contribution in [1.82, 2.24) is 0 Å². The zero-order valence-electron chi connectivity index (χ0n) is 9.28. The summed E-state index contributed by atoms with van der Waals surface area (Å²) in [5, 5.41) is 8.53. The molecule has 1 aromatic carbocycles. The number of rotatable bonds is 5. The third-order valence-electron chi connectivity index (χ3n) is 2.29. The van der Waals surface area contributed by atoms with E-state index in [0.29, 0.717) is 6.54 Å². The molecule has 0 bridgehead atoms. The molecule has 0 atom stereocenters. The van der Waals surface area contributed by atoms with Crippen LogP contribution in [0.3, 0.4) is 0 Å². The molecule has 1 aromatic rings. The van der Waals surface area contributed by atoms with Crippen molar-refractivity contribution in [3.05, 3.63) is 24.3 Å². The van der Waals surface area contributed by atoms with Gasteiger partial charge in [-0.2, -0.15) is 0 Å². The molecule has 0 fully saturated rings. The van der Waals surface area contributed by atoms with E-state index >= 15 is 0 Å². The van der Waals surface area contributed by atoms with Gasteiger partial charge in [0.05, 0.1) is 0 Å². The monoisotopic (exact) mass is 303 g/mol. The summed E-state index contributed by atoms with van der Waals surface area (Å²) in [6.07, 6.45) is 0.0145. The second kappa shape index (κ2) is 5.40. The van der Waals surface area contributed by atoms with Gasteiger partial charge in [-0.3, -0.25) is 0 Å². The molecule has 3 N–H and O–H groups in total. The van der Waals surface area contributed by atoms with E-state index in [4.69, 9.17) is 13.3 Å². The van der Waals surface area contributed by atoms with Crippen molar-refractivity contribution >= 4 is 30.2 Å². The molecule has 0 aromatic heterocycles. The molecule has 0 unspecified atom stereocenters. The summed E-state index contributed by atoms with van der Waals surface area (Å²) in [6.45, 7) is 0.343. The van der Waals surface area contributed by atoms with E-state index in [1.807, 2.05) is 0 Å². The summed E-state index contributed by atoms with van der Waals surface area (Å²) in [6, 6.07) is 5.87. The number of aliphatic carboxylic acids is 1. The van der Waals surface area contributed by atoms with Gasteiger partial charge in [0.15, 0.2) is 0 Å². The predicted octanol–water partition coefficient (Wildman–Crippen LogP) is -0.841. The van der Waals surface area contributed by atoms with Crippen molar-refractivity contribution in [2.45, 2.75) is 6.42 Å². The van der Waals surface area contributed by atoms with Crippen LogP contribution in [-0.4, -0.2) is 47.0 Å². The Labute approximate surface area is 101 Å². The molecule has 6 nitrogen and oxygen atoms in total. The average Bonchev–Trinajstić information content (AvgIpc) is 2.25. The van der Waals surface area contributed by atoms with Gasteiger partial charge < -0.3 is 0 Å². The Kier molecular flexibility index (Phi) is 4.39. The Morgan fingerprint density at radius 3 is 2.24 bits per heavy atom. The Balaban J connectivity index is 2.74. The Morgan fingerprint density at radius 2 is 1.82 bits per heavy atom. The van der Waals surface area contributed by atoms with Crippen LogP contribution in [0.2, 0.25) is 0 Å². The molecule has 0 saturated carbocycles. The van der Waals surface area contributed by atoms with E-state index in [1.54, 1.807) is 24.1 Å². The topological polar surface area (TPSA) is 98.1 Å². The van der Waals surface area contributed by atoms with Crippen molar-refractivity contribution < 1.29 is 21.8 Å². The van der Waals surface area contributed by atoms with Crippen molar-refractivity contribution in [3.63, 3.8) is 0 Å². The van der Waals surface area contributed by atoms with E-state index in [2.05, 4.69) is 0 Å². The van der Waals surface area contributed by atoms with Crippen LogP contribution in [0.4, 0.5) is 5.69 Å². The number of hydrogen-bond donors (Lipinski definition) is 3. The Hall–Kier alpha value is -1.23. The minimum atomic E-state index is -4.82. The first-order valence-corrected chi connectivity index (χ1v) is 8.28. The van der Waals surface area contributed by atoms with Gasteiger partial charge in [0.25, 0.3) is 0 Å². The van der Waals surface area contributed by atoms with Gasteiger partial charge in [0.1, 0.15) is 0 Å². The van der Waals surface area contributed by atoms with Crippen molar-refractivity contribution in [2.75, 3.05) is 18.5 Å². The first kappa shape index (κ1) is 13.8. The number of nitrogens with zero attached hydrogens (tertiary/aromatic N) is 1. The number of hydrogen-bond acceptors (Lipinski definition) is 3. The molecule has 0 aliphatic heterocycles.